The molecule has 0 radical (unpaired) electrons. The highest BCUT2D eigenvalue weighted by atomic mass is 16.5. The number of rotatable bonds is 4. The van der Waals surface area contributed by atoms with Crippen molar-refractivity contribution in [2.24, 2.45) is 11.7 Å². The van der Waals surface area contributed by atoms with Gasteiger partial charge in [-0.2, -0.15) is 0 Å². The predicted molar refractivity (Wildman–Crippen MR) is 169 cm³/mol. The quantitative estimate of drug-likeness (QED) is 0.424. The second-order valence-corrected chi connectivity index (χ2v) is 12.4. The highest BCUT2D eigenvalue weighted by Crippen LogP contribution is 2.61. The van der Waals surface area contributed by atoms with Crippen LogP contribution in [0, 0.1) is 5.92 Å². The molecule has 3 heterocycles. The lowest BCUT2D eigenvalue weighted by atomic mass is 9.80. The first-order valence-corrected chi connectivity index (χ1v) is 15.0. The molecule has 0 saturated heterocycles. The predicted octanol–water partition coefficient (Wildman–Crippen LogP) is 7.02. The third kappa shape index (κ3) is 3.31. The molecular formula is C37H37N3O. The lowest BCUT2D eigenvalue weighted by Gasteiger charge is -2.46. The van der Waals surface area contributed by atoms with Crippen LogP contribution in [0.25, 0.3) is 0 Å². The zero-order chi connectivity index (χ0) is 27.9. The van der Waals surface area contributed by atoms with E-state index in [0.29, 0.717) is 11.8 Å². The van der Waals surface area contributed by atoms with Crippen molar-refractivity contribution in [2.45, 2.75) is 61.5 Å². The summed E-state index contributed by atoms with van der Waals surface area (Å²) in [6, 6.07) is 13.6. The van der Waals surface area contributed by atoms with Gasteiger partial charge < -0.3 is 20.3 Å². The molecule has 2 N–H and O–H groups in total. The fourth-order valence-corrected chi connectivity index (χ4v) is 8.39. The minimum atomic E-state index is -0.392. The number of hydrogen-bond donors (Lipinski definition) is 1. The summed E-state index contributed by atoms with van der Waals surface area (Å²) in [6.07, 6.45) is 28.7. The Hall–Kier alpha value is -4.02. The molecule has 0 aromatic heterocycles. The van der Waals surface area contributed by atoms with Crippen molar-refractivity contribution >= 4 is 11.4 Å². The molecule has 9 atom stereocenters. The van der Waals surface area contributed by atoms with Gasteiger partial charge in [0.1, 0.15) is 18.0 Å². The largest absolute Gasteiger partial charge is 0.486 e. The molecule has 6 aliphatic rings. The Morgan fingerprint density at radius 3 is 2.41 bits per heavy atom. The maximum Gasteiger partial charge on any atom is 0.142 e. The molecular weight excluding hydrogens is 502 g/mol. The smallest absolute Gasteiger partial charge is 0.142 e. The van der Waals surface area contributed by atoms with E-state index in [4.69, 9.17) is 10.5 Å². The first-order valence-electron chi connectivity index (χ1n) is 15.0. The van der Waals surface area contributed by atoms with E-state index in [0.717, 1.165) is 11.3 Å². The van der Waals surface area contributed by atoms with Gasteiger partial charge in [-0.3, -0.25) is 0 Å². The molecule has 0 spiro atoms. The van der Waals surface area contributed by atoms with Crippen LogP contribution in [0.5, 0.6) is 5.75 Å². The fourth-order valence-electron chi connectivity index (χ4n) is 8.39. The maximum atomic E-state index is 7.45. The van der Waals surface area contributed by atoms with Crippen molar-refractivity contribution in [3.63, 3.8) is 0 Å². The number of ether oxygens (including phenoxy) is 1. The Morgan fingerprint density at radius 2 is 1.59 bits per heavy atom. The van der Waals surface area contributed by atoms with Crippen LogP contribution >= 0.6 is 0 Å². The molecule has 3 aliphatic heterocycles. The number of para-hydroxylation sites is 1. The van der Waals surface area contributed by atoms with Crippen LogP contribution in [-0.4, -0.2) is 29.9 Å². The summed E-state index contributed by atoms with van der Waals surface area (Å²) >= 11 is 0. The highest BCUT2D eigenvalue weighted by molar-refractivity contribution is 5.88. The normalized spacial score (nSPS) is 35.5. The molecule has 0 bridgehead atoms. The number of allylic oxidation sites excluding steroid dienone is 6. The molecule has 0 fully saturated rings. The summed E-state index contributed by atoms with van der Waals surface area (Å²) in [5.74, 6) is 1.81. The molecule has 2 aromatic carbocycles. The highest BCUT2D eigenvalue weighted by Gasteiger charge is 2.55. The third-order valence-electron chi connectivity index (χ3n) is 10.3. The lowest BCUT2D eigenvalue weighted by molar-refractivity contribution is 0.173. The van der Waals surface area contributed by atoms with Gasteiger partial charge in [-0.05, 0) is 30.0 Å². The van der Waals surface area contributed by atoms with Gasteiger partial charge in [0, 0.05) is 23.3 Å². The van der Waals surface area contributed by atoms with Gasteiger partial charge in [0.2, 0.25) is 0 Å². The molecule has 0 amide bonds. The SMILES string of the molecule is C=CC1c2ccccc2OC1C(N)N1c2c(ccc3c2N(C2C=CC=CC2C)C2C=CC=CC32)C2C=CC=CC21C. The lowest BCUT2D eigenvalue weighted by Crippen LogP contribution is -2.60. The number of anilines is 2. The monoisotopic (exact) mass is 539 g/mol. The van der Waals surface area contributed by atoms with Crippen molar-refractivity contribution in [2.75, 3.05) is 9.80 Å². The van der Waals surface area contributed by atoms with Gasteiger partial charge in [0.15, 0.2) is 0 Å². The van der Waals surface area contributed by atoms with E-state index in [9.17, 15) is 0 Å². The molecule has 8 rings (SSSR count). The molecule has 4 heteroatoms. The van der Waals surface area contributed by atoms with Crippen LogP contribution in [0.2, 0.25) is 0 Å². The van der Waals surface area contributed by atoms with Crippen molar-refractivity contribution in [3.05, 3.63) is 139 Å². The van der Waals surface area contributed by atoms with Crippen molar-refractivity contribution in [1.29, 1.82) is 0 Å². The summed E-state index contributed by atoms with van der Waals surface area (Å²) in [5.41, 5.74) is 13.6. The fraction of sp³-hybridized carbons (Fsp3) is 0.297. The summed E-state index contributed by atoms with van der Waals surface area (Å²) < 4.78 is 6.66. The van der Waals surface area contributed by atoms with E-state index in [1.165, 1.54) is 22.5 Å². The second kappa shape index (κ2) is 8.99. The Balaban J connectivity index is 1.33. The molecule has 4 nitrogen and oxygen atoms in total. The molecule has 9 unspecified atom stereocenters. The summed E-state index contributed by atoms with van der Waals surface area (Å²) in [4.78, 5) is 5.19. The third-order valence-corrected chi connectivity index (χ3v) is 10.3. The van der Waals surface area contributed by atoms with E-state index >= 15 is 0 Å². The Kier molecular flexibility index (Phi) is 5.43. The van der Waals surface area contributed by atoms with E-state index < -0.39 is 6.17 Å². The molecule has 3 aliphatic carbocycles. The maximum absolute atomic E-state index is 7.45. The minimum absolute atomic E-state index is 0.0168. The summed E-state index contributed by atoms with van der Waals surface area (Å²) in [7, 11) is 0. The van der Waals surface area contributed by atoms with E-state index in [1.807, 2.05) is 12.1 Å². The van der Waals surface area contributed by atoms with Crippen LogP contribution in [0.1, 0.15) is 48.3 Å². The average molecular weight is 540 g/mol. The van der Waals surface area contributed by atoms with Gasteiger partial charge in [-0.25, -0.2) is 0 Å². The van der Waals surface area contributed by atoms with Gasteiger partial charge in [0.25, 0.3) is 0 Å². The van der Waals surface area contributed by atoms with Crippen LogP contribution in [-0.2, 0) is 0 Å². The minimum Gasteiger partial charge on any atom is -0.486 e. The average Bonchev–Trinajstić information content (AvgIpc) is 3.62. The van der Waals surface area contributed by atoms with E-state index in [-0.39, 0.29) is 35.6 Å². The summed E-state index contributed by atoms with van der Waals surface area (Å²) in [6.45, 7) is 8.89. The van der Waals surface area contributed by atoms with Crippen molar-refractivity contribution in [1.82, 2.24) is 0 Å². The van der Waals surface area contributed by atoms with Crippen LogP contribution in [0.4, 0.5) is 11.4 Å². The standard InChI is InChI=1S/C37H37N3O/c1-4-24-26-15-7-10-19-32(26)41-35(24)36(38)40-34-28(29-16-11-12-22-37(29,40)3)21-20-27-25-14-6-9-18-31(25)39(33(27)34)30-17-8-5-13-23(30)2/h4-25,29-31,35-36H,1,38H2,2-3H3. The first kappa shape index (κ1) is 24.8. The summed E-state index contributed by atoms with van der Waals surface area (Å²) in [5, 5.41) is 0. The van der Waals surface area contributed by atoms with E-state index in [1.54, 1.807) is 0 Å². The zero-order valence-electron chi connectivity index (χ0n) is 23.7. The van der Waals surface area contributed by atoms with Gasteiger partial charge in [-0.1, -0.05) is 116 Å². The van der Waals surface area contributed by atoms with Crippen LogP contribution < -0.4 is 20.3 Å². The number of nitrogens with zero attached hydrogens (tertiary/aromatic N) is 2. The first-order chi connectivity index (χ1) is 20.0. The number of benzene rings is 2. The molecule has 2 aromatic rings. The second-order valence-electron chi connectivity index (χ2n) is 12.4. The molecule has 41 heavy (non-hydrogen) atoms. The molecule has 206 valence electrons. The van der Waals surface area contributed by atoms with E-state index in [2.05, 4.69) is 133 Å². The van der Waals surface area contributed by atoms with Crippen LogP contribution in [0.15, 0.2) is 122 Å². The van der Waals surface area contributed by atoms with Crippen molar-refractivity contribution in [3.8, 4) is 5.75 Å². The Labute approximate surface area is 243 Å². The number of hydrogen-bond acceptors (Lipinski definition) is 4. The zero-order valence-corrected chi connectivity index (χ0v) is 23.7. The Morgan fingerprint density at radius 1 is 0.854 bits per heavy atom. The van der Waals surface area contributed by atoms with Crippen LogP contribution in [0.3, 0.4) is 0 Å². The van der Waals surface area contributed by atoms with Gasteiger partial charge >= 0.3 is 0 Å². The van der Waals surface area contributed by atoms with Gasteiger partial charge in [0.05, 0.1) is 29.0 Å². The van der Waals surface area contributed by atoms with Crippen molar-refractivity contribution < 1.29 is 4.74 Å². The number of fused-ring (bicyclic) bond motifs is 8. The topological polar surface area (TPSA) is 41.7 Å². The van der Waals surface area contributed by atoms with Gasteiger partial charge in [-0.15, -0.1) is 6.58 Å². The number of nitrogens with two attached hydrogens (primary N) is 1. The molecule has 0 saturated carbocycles. The Bertz CT molecular complexity index is 1600.